The van der Waals surface area contributed by atoms with E-state index in [0.717, 1.165) is 24.1 Å². The van der Waals surface area contributed by atoms with Gasteiger partial charge in [-0.15, -0.1) is 0 Å². The summed E-state index contributed by atoms with van der Waals surface area (Å²) < 4.78 is 1.72. The molecule has 0 spiro atoms. The van der Waals surface area contributed by atoms with Crippen molar-refractivity contribution in [2.75, 3.05) is 6.54 Å². The molecule has 2 aromatic carbocycles. The van der Waals surface area contributed by atoms with Crippen molar-refractivity contribution in [3.8, 4) is 5.69 Å². The Morgan fingerprint density at radius 1 is 1.06 bits per heavy atom. The van der Waals surface area contributed by atoms with E-state index >= 15 is 0 Å². The third-order valence-corrected chi connectivity index (χ3v) is 5.72. The van der Waals surface area contributed by atoms with Crippen LogP contribution in [0.2, 0.25) is 0 Å². The van der Waals surface area contributed by atoms with Crippen LogP contribution in [0.3, 0.4) is 0 Å². The lowest BCUT2D eigenvalue weighted by molar-refractivity contribution is -0.135. The van der Waals surface area contributed by atoms with Crippen molar-refractivity contribution in [3.05, 3.63) is 70.3 Å². The molecule has 0 aliphatic rings. The van der Waals surface area contributed by atoms with Gasteiger partial charge in [0.25, 0.3) is 5.56 Å². The molecule has 0 saturated carbocycles. The van der Waals surface area contributed by atoms with E-state index in [1.54, 1.807) is 4.57 Å². The van der Waals surface area contributed by atoms with Gasteiger partial charge in [-0.05, 0) is 48.9 Å². The van der Waals surface area contributed by atoms with Crippen LogP contribution in [0.25, 0.3) is 16.6 Å². The van der Waals surface area contributed by atoms with Crippen molar-refractivity contribution in [2.45, 2.75) is 66.8 Å². The molecule has 0 aliphatic carbocycles. The Hall–Kier alpha value is -2.95. The summed E-state index contributed by atoms with van der Waals surface area (Å²) >= 11 is 0. The Morgan fingerprint density at radius 3 is 2.38 bits per heavy atom. The van der Waals surface area contributed by atoms with Crippen molar-refractivity contribution >= 4 is 16.8 Å². The molecule has 1 heterocycles. The van der Waals surface area contributed by atoms with Gasteiger partial charge < -0.3 is 4.90 Å². The minimum absolute atomic E-state index is 0.0876. The number of para-hydroxylation sites is 2. The molecular formula is C27H35N3O2. The molecular weight excluding hydrogens is 398 g/mol. The van der Waals surface area contributed by atoms with E-state index in [9.17, 15) is 9.59 Å². The number of hydrogen-bond acceptors (Lipinski definition) is 3. The van der Waals surface area contributed by atoms with E-state index in [1.165, 1.54) is 0 Å². The Bertz CT molecular complexity index is 1160. The maximum Gasteiger partial charge on any atom is 0.266 e. The molecule has 0 fully saturated rings. The second kappa shape index (κ2) is 9.68. The summed E-state index contributed by atoms with van der Waals surface area (Å²) in [5.41, 5.74) is 2.35. The second-order valence-electron chi connectivity index (χ2n) is 9.61. The summed E-state index contributed by atoms with van der Waals surface area (Å²) in [4.78, 5) is 33.8. The van der Waals surface area contributed by atoms with Gasteiger partial charge in [0.05, 0.1) is 22.6 Å². The van der Waals surface area contributed by atoms with Crippen LogP contribution in [0.1, 0.15) is 71.8 Å². The number of aromatic nitrogens is 2. The van der Waals surface area contributed by atoms with Crippen molar-refractivity contribution in [1.82, 2.24) is 14.5 Å². The molecule has 0 radical (unpaired) electrons. The number of rotatable bonds is 7. The lowest BCUT2D eigenvalue weighted by Crippen LogP contribution is -2.39. The molecule has 0 saturated heterocycles. The number of nitrogens with zero attached hydrogens (tertiary/aromatic N) is 3. The molecule has 5 nitrogen and oxygen atoms in total. The highest BCUT2D eigenvalue weighted by atomic mass is 16.2. The summed E-state index contributed by atoms with van der Waals surface area (Å²) in [5.74, 6) is 0.690. The number of hydrogen-bond donors (Lipinski definition) is 0. The van der Waals surface area contributed by atoms with Crippen LogP contribution in [0, 0.1) is 5.41 Å². The SMILES string of the molecule is CCCN(C(=O)CC(C)(C)C)C(C)c1nc2ccccc2c(=O)n1-c1ccccc1CC. The quantitative estimate of drug-likeness (QED) is 0.481. The maximum absolute atomic E-state index is 13.7. The van der Waals surface area contributed by atoms with Gasteiger partial charge in [-0.3, -0.25) is 14.2 Å². The molecule has 0 N–H and O–H groups in total. The van der Waals surface area contributed by atoms with Crippen molar-refractivity contribution < 1.29 is 4.79 Å². The number of carbonyl (C=O) groups excluding carboxylic acids is 1. The number of fused-ring (bicyclic) bond motifs is 1. The normalized spacial score (nSPS) is 12.7. The Morgan fingerprint density at radius 2 is 1.72 bits per heavy atom. The third-order valence-electron chi connectivity index (χ3n) is 5.72. The summed E-state index contributed by atoms with van der Waals surface area (Å²) in [6.45, 7) is 13.0. The lowest BCUT2D eigenvalue weighted by Gasteiger charge is -2.32. The fourth-order valence-electron chi connectivity index (χ4n) is 4.16. The minimum atomic E-state index is -0.341. The van der Waals surface area contributed by atoms with Gasteiger partial charge in [0.1, 0.15) is 5.82 Å². The molecule has 3 rings (SSSR count). The minimum Gasteiger partial charge on any atom is -0.333 e. The highest BCUT2D eigenvalue weighted by Gasteiger charge is 2.29. The van der Waals surface area contributed by atoms with Crippen LogP contribution in [0.5, 0.6) is 0 Å². The number of benzene rings is 2. The van der Waals surface area contributed by atoms with E-state index in [-0.39, 0.29) is 22.9 Å². The van der Waals surface area contributed by atoms with Crippen molar-refractivity contribution in [1.29, 1.82) is 0 Å². The largest absolute Gasteiger partial charge is 0.333 e. The van der Waals surface area contributed by atoms with Crippen LogP contribution in [-0.2, 0) is 11.2 Å². The van der Waals surface area contributed by atoms with E-state index in [2.05, 4.69) is 34.6 Å². The summed E-state index contributed by atoms with van der Waals surface area (Å²) in [6.07, 6.45) is 2.08. The van der Waals surface area contributed by atoms with E-state index < -0.39 is 0 Å². The number of amides is 1. The molecule has 1 atom stereocenters. The topological polar surface area (TPSA) is 55.2 Å². The van der Waals surface area contributed by atoms with Crippen LogP contribution in [-0.4, -0.2) is 26.9 Å². The van der Waals surface area contributed by atoms with Gasteiger partial charge in [0.2, 0.25) is 5.91 Å². The summed E-state index contributed by atoms with van der Waals surface area (Å²) in [7, 11) is 0. The zero-order chi connectivity index (χ0) is 23.5. The first-order valence-electron chi connectivity index (χ1n) is 11.6. The predicted octanol–water partition coefficient (Wildman–Crippen LogP) is 5.68. The number of carbonyl (C=O) groups is 1. The fourth-order valence-corrected chi connectivity index (χ4v) is 4.16. The Balaban J connectivity index is 2.26. The van der Waals surface area contributed by atoms with Crippen molar-refractivity contribution in [3.63, 3.8) is 0 Å². The van der Waals surface area contributed by atoms with E-state index in [1.807, 2.05) is 60.4 Å². The average molecular weight is 434 g/mol. The van der Waals surface area contributed by atoms with Crippen LogP contribution >= 0.6 is 0 Å². The molecule has 1 amide bonds. The first-order valence-corrected chi connectivity index (χ1v) is 11.6. The molecule has 5 heteroatoms. The third kappa shape index (κ3) is 4.93. The zero-order valence-corrected chi connectivity index (χ0v) is 20.2. The second-order valence-corrected chi connectivity index (χ2v) is 9.61. The smallest absolute Gasteiger partial charge is 0.266 e. The monoisotopic (exact) mass is 433 g/mol. The number of aryl methyl sites for hydroxylation is 1. The molecule has 170 valence electrons. The molecule has 32 heavy (non-hydrogen) atoms. The molecule has 0 aliphatic heterocycles. The highest BCUT2D eigenvalue weighted by Crippen LogP contribution is 2.28. The van der Waals surface area contributed by atoms with Crippen LogP contribution in [0.4, 0.5) is 0 Å². The zero-order valence-electron chi connectivity index (χ0n) is 20.2. The first-order chi connectivity index (χ1) is 15.2. The average Bonchev–Trinajstić information content (AvgIpc) is 2.75. The highest BCUT2D eigenvalue weighted by molar-refractivity contribution is 5.79. The first kappa shape index (κ1) is 23.7. The lowest BCUT2D eigenvalue weighted by atomic mass is 9.91. The Kier molecular flexibility index (Phi) is 7.17. The van der Waals surface area contributed by atoms with Gasteiger partial charge >= 0.3 is 0 Å². The molecule has 1 aromatic heterocycles. The van der Waals surface area contributed by atoms with Gasteiger partial charge in [-0.1, -0.05) is 65.0 Å². The van der Waals surface area contributed by atoms with Crippen LogP contribution < -0.4 is 5.56 Å². The molecule has 1 unspecified atom stereocenters. The van der Waals surface area contributed by atoms with Gasteiger partial charge in [0.15, 0.2) is 0 Å². The molecule has 3 aromatic rings. The summed E-state index contributed by atoms with van der Waals surface area (Å²) in [5, 5.41) is 0.581. The van der Waals surface area contributed by atoms with Crippen molar-refractivity contribution in [2.24, 2.45) is 5.41 Å². The van der Waals surface area contributed by atoms with Gasteiger partial charge in [0, 0.05) is 13.0 Å². The van der Waals surface area contributed by atoms with Gasteiger partial charge in [-0.2, -0.15) is 0 Å². The summed E-state index contributed by atoms with van der Waals surface area (Å²) in [6, 6.07) is 15.0. The molecule has 0 bridgehead atoms. The maximum atomic E-state index is 13.7. The van der Waals surface area contributed by atoms with E-state index in [4.69, 9.17) is 4.98 Å². The predicted molar refractivity (Wildman–Crippen MR) is 131 cm³/mol. The van der Waals surface area contributed by atoms with Gasteiger partial charge in [-0.25, -0.2) is 4.98 Å². The van der Waals surface area contributed by atoms with E-state index in [0.29, 0.717) is 29.7 Å². The Labute approximate surface area is 191 Å². The standard InChI is InChI=1S/C27H35N3O2/c1-7-17-29(24(31)18-27(4,5)6)19(3)25-28-22-15-11-10-14-21(22)26(32)30(25)23-16-12-9-13-20(23)8-2/h9-16,19H,7-8,17-18H2,1-6H3. The fraction of sp³-hybridized carbons (Fsp3) is 0.444. The van der Waals surface area contributed by atoms with Crippen LogP contribution in [0.15, 0.2) is 53.3 Å².